The molecule has 1 aromatic rings. The van der Waals surface area contributed by atoms with Crippen LogP contribution in [0.4, 0.5) is 5.69 Å². The molecular weight excluding hydrogens is 232 g/mol. The lowest BCUT2D eigenvalue weighted by Crippen LogP contribution is -2.39. The van der Waals surface area contributed by atoms with E-state index in [-0.39, 0.29) is 0 Å². The fourth-order valence-electron chi connectivity index (χ4n) is 1.01. The van der Waals surface area contributed by atoms with Crippen LogP contribution in [-0.2, 0) is 10.2 Å². The zero-order valence-electron chi connectivity index (χ0n) is 8.52. The number of nitrogens with two attached hydrogens (primary N) is 1. The van der Waals surface area contributed by atoms with E-state index in [1.807, 2.05) is 0 Å². The molecule has 5 N–H and O–H groups in total. The van der Waals surface area contributed by atoms with Gasteiger partial charge in [-0.2, -0.15) is 8.42 Å². The van der Waals surface area contributed by atoms with Gasteiger partial charge in [-0.25, -0.2) is 4.72 Å². The molecule has 0 atom stereocenters. The van der Waals surface area contributed by atoms with E-state index >= 15 is 0 Å². The molecule has 16 heavy (non-hydrogen) atoms. The molecule has 88 valence electrons. The summed E-state index contributed by atoms with van der Waals surface area (Å²) in [4.78, 5) is 0. The molecule has 0 spiro atoms. The smallest absolute Gasteiger partial charge is 0.323 e. The van der Waals surface area contributed by atoms with Gasteiger partial charge in [0, 0.05) is 6.07 Å². The number of rotatable bonds is 4. The molecule has 0 heterocycles. The van der Waals surface area contributed by atoms with E-state index in [0.29, 0.717) is 11.4 Å². The van der Waals surface area contributed by atoms with Gasteiger partial charge < -0.3 is 10.5 Å². The molecule has 1 aromatic carbocycles. The molecule has 0 saturated carbocycles. The summed E-state index contributed by atoms with van der Waals surface area (Å²) in [5.74, 6) is -0.140. The van der Waals surface area contributed by atoms with E-state index in [0.717, 1.165) is 0 Å². The van der Waals surface area contributed by atoms with E-state index in [1.165, 1.54) is 13.2 Å². The van der Waals surface area contributed by atoms with Gasteiger partial charge >= 0.3 is 10.2 Å². The summed E-state index contributed by atoms with van der Waals surface area (Å²) >= 11 is 0. The number of ether oxygens (including phenoxy) is 1. The zero-order valence-corrected chi connectivity index (χ0v) is 9.34. The van der Waals surface area contributed by atoms with Crippen molar-refractivity contribution in [3.63, 3.8) is 0 Å². The first-order valence-corrected chi connectivity index (χ1v) is 5.70. The van der Waals surface area contributed by atoms with Crippen LogP contribution < -0.4 is 19.9 Å². The molecule has 0 bridgehead atoms. The Morgan fingerprint density at radius 1 is 1.50 bits per heavy atom. The summed E-state index contributed by atoms with van der Waals surface area (Å²) in [5, 5.41) is 6.82. The van der Waals surface area contributed by atoms with Crippen molar-refractivity contribution in [3.8, 4) is 5.75 Å². The van der Waals surface area contributed by atoms with Crippen LogP contribution in [0.15, 0.2) is 24.3 Å². The van der Waals surface area contributed by atoms with E-state index < -0.39 is 16.2 Å². The molecule has 0 aromatic heterocycles. The highest BCUT2D eigenvalue weighted by Gasteiger charge is 2.10. The van der Waals surface area contributed by atoms with E-state index in [9.17, 15) is 8.42 Å². The van der Waals surface area contributed by atoms with Crippen LogP contribution in [-0.4, -0.2) is 21.5 Å². The molecular formula is C8H12N4O3S. The lowest BCUT2D eigenvalue weighted by Gasteiger charge is -2.09. The first-order valence-electron chi connectivity index (χ1n) is 4.21. The Kier molecular flexibility index (Phi) is 3.56. The molecule has 7 nitrogen and oxygen atoms in total. The van der Waals surface area contributed by atoms with Crippen LogP contribution in [0.25, 0.3) is 0 Å². The van der Waals surface area contributed by atoms with Crippen molar-refractivity contribution in [2.45, 2.75) is 0 Å². The second-order valence-corrected chi connectivity index (χ2v) is 4.27. The summed E-state index contributed by atoms with van der Waals surface area (Å²) in [6, 6.07) is 6.35. The van der Waals surface area contributed by atoms with Crippen molar-refractivity contribution >= 4 is 21.9 Å². The summed E-state index contributed by atoms with van der Waals surface area (Å²) in [7, 11) is -2.39. The average Bonchev–Trinajstić information content (AvgIpc) is 2.15. The third-order valence-electron chi connectivity index (χ3n) is 1.57. The maximum atomic E-state index is 11.3. The Balaban J connectivity index is 2.83. The Bertz CT molecular complexity index is 486. The van der Waals surface area contributed by atoms with Crippen molar-refractivity contribution in [2.24, 2.45) is 5.73 Å². The molecule has 0 aliphatic heterocycles. The average molecular weight is 244 g/mol. The summed E-state index contributed by atoms with van der Waals surface area (Å²) in [6.45, 7) is 0. The number of anilines is 1. The minimum atomic E-state index is -3.86. The first kappa shape index (κ1) is 12.1. The Morgan fingerprint density at radius 3 is 2.75 bits per heavy atom. The van der Waals surface area contributed by atoms with Gasteiger partial charge in [0.25, 0.3) is 0 Å². The molecule has 0 radical (unpaired) electrons. The van der Waals surface area contributed by atoms with Gasteiger partial charge in [0.15, 0.2) is 0 Å². The number of nitrogens with one attached hydrogen (secondary N) is 3. The van der Waals surface area contributed by atoms with Crippen molar-refractivity contribution in [1.29, 1.82) is 5.41 Å². The number of guanidine groups is 1. The van der Waals surface area contributed by atoms with Gasteiger partial charge in [-0.1, -0.05) is 6.07 Å². The van der Waals surface area contributed by atoms with Gasteiger partial charge in [0.1, 0.15) is 5.75 Å². The first-order chi connectivity index (χ1) is 7.43. The fourth-order valence-corrected chi connectivity index (χ4v) is 1.79. The standard InChI is InChI=1S/C8H12N4O3S/c1-15-7-4-2-3-6(5-7)11-16(13,14)12-8(9)10/h2-5,11H,1H3,(H4,9,10,12). The highest BCUT2D eigenvalue weighted by Crippen LogP contribution is 2.17. The number of hydrogen-bond acceptors (Lipinski definition) is 4. The highest BCUT2D eigenvalue weighted by molar-refractivity contribution is 7.91. The van der Waals surface area contributed by atoms with E-state index in [4.69, 9.17) is 15.9 Å². The normalized spacial score (nSPS) is 10.6. The second kappa shape index (κ2) is 4.71. The highest BCUT2D eigenvalue weighted by atomic mass is 32.2. The number of methoxy groups -OCH3 is 1. The van der Waals surface area contributed by atoms with Gasteiger partial charge in [-0.3, -0.25) is 10.1 Å². The lowest BCUT2D eigenvalue weighted by atomic mass is 10.3. The van der Waals surface area contributed by atoms with Gasteiger partial charge in [-0.05, 0) is 12.1 Å². The maximum Gasteiger partial charge on any atom is 0.323 e. The van der Waals surface area contributed by atoms with Gasteiger partial charge in [0.2, 0.25) is 5.96 Å². The summed E-state index contributed by atoms with van der Waals surface area (Å²) in [5.41, 5.74) is 5.23. The van der Waals surface area contributed by atoms with Crippen LogP contribution in [0, 0.1) is 5.41 Å². The summed E-state index contributed by atoms with van der Waals surface area (Å²) in [6.07, 6.45) is 0. The molecule has 0 aliphatic carbocycles. The van der Waals surface area contributed by atoms with Crippen molar-refractivity contribution in [3.05, 3.63) is 24.3 Å². The monoisotopic (exact) mass is 244 g/mol. The van der Waals surface area contributed by atoms with Gasteiger partial charge in [-0.15, -0.1) is 0 Å². The van der Waals surface area contributed by atoms with E-state index in [1.54, 1.807) is 22.9 Å². The second-order valence-electron chi connectivity index (χ2n) is 2.85. The van der Waals surface area contributed by atoms with Crippen LogP contribution in [0.1, 0.15) is 0 Å². The Hall–Kier alpha value is -1.96. The number of hydrogen-bond donors (Lipinski definition) is 4. The topological polar surface area (TPSA) is 117 Å². The van der Waals surface area contributed by atoms with Crippen molar-refractivity contribution in [1.82, 2.24) is 4.72 Å². The van der Waals surface area contributed by atoms with Crippen LogP contribution in [0.2, 0.25) is 0 Å². The van der Waals surface area contributed by atoms with Crippen molar-refractivity contribution < 1.29 is 13.2 Å². The third-order valence-corrected chi connectivity index (χ3v) is 2.56. The SMILES string of the molecule is COc1cccc(NS(=O)(=O)NC(=N)N)c1. The minimum absolute atomic E-state index is 0.313. The Labute approximate surface area is 93.3 Å². The lowest BCUT2D eigenvalue weighted by molar-refractivity contribution is 0.415. The van der Waals surface area contributed by atoms with Crippen LogP contribution in [0.5, 0.6) is 5.75 Å². The van der Waals surface area contributed by atoms with E-state index in [2.05, 4.69) is 4.72 Å². The molecule has 1 rings (SSSR count). The molecule has 0 unspecified atom stereocenters. The van der Waals surface area contributed by atoms with Gasteiger partial charge in [0.05, 0.1) is 12.8 Å². The molecule has 0 aliphatic rings. The summed E-state index contributed by atoms with van der Waals surface area (Å²) < 4.78 is 31.6. The predicted molar refractivity (Wildman–Crippen MR) is 60.6 cm³/mol. The number of benzene rings is 1. The molecule has 0 fully saturated rings. The minimum Gasteiger partial charge on any atom is -0.497 e. The molecule has 0 amide bonds. The molecule has 0 saturated heterocycles. The quantitative estimate of drug-likeness (QED) is 0.434. The fraction of sp³-hybridized carbons (Fsp3) is 0.125. The van der Waals surface area contributed by atoms with Crippen molar-refractivity contribution in [2.75, 3.05) is 11.8 Å². The largest absolute Gasteiger partial charge is 0.497 e. The maximum absolute atomic E-state index is 11.3. The van der Waals surface area contributed by atoms with Crippen LogP contribution >= 0.6 is 0 Å². The predicted octanol–water partition coefficient (Wildman–Crippen LogP) is -0.165. The van der Waals surface area contributed by atoms with Crippen LogP contribution in [0.3, 0.4) is 0 Å². The Morgan fingerprint density at radius 2 is 2.19 bits per heavy atom. The molecule has 8 heteroatoms. The third kappa shape index (κ3) is 3.65. The zero-order chi connectivity index (χ0) is 12.2.